The van der Waals surface area contributed by atoms with Gasteiger partial charge < -0.3 is 10.1 Å². The molecule has 1 N–H and O–H groups in total. The van der Waals surface area contributed by atoms with E-state index in [1.165, 1.54) is 4.90 Å². The molecule has 1 aliphatic heterocycles. The Morgan fingerprint density at radius 3 is 2.77 bits per heavy atom. The molecule has 8 heteroatoms. The number of benzene rings is 1. The highest BCUT2D eigenvalue weighted by molar-refractivity contribution is 6.03. The molecule has 2 amide bonds. The van der Waals surface area contributed by atoms with E-state index in [9.17, 15) is 22.8 Å². The lowest BCUT2D eigenvalue weighted by Gasteiger charge is -2.34. The van der Waals surface area contributed by atoms with E-state index >= 15 is 0 Å². The maximum atomic E-state index is 12.9. The highest BCUT2D eigenvalue weighted by Gasteiger charge is 2.42. The van der Waals surface area contributed by atoms with Gasteiger partial charge in [0.1, 0.15) is 12.3 Å². The molecular formula is C18H21F3N2O3. The summed E-state index contributed by atoms with van der Waals surface area (Å²) in [6, 6.07) is 6.35. The average Bonchev–Trinajstić information content (AvgIpc) is 2.58. The van der Waals surface area contributed by atoms with E-state index in [1.54, 1.807) is 31.2 Å². The quantitative estimate of drug-likeness (QED) is 0.890. The minimum atomic E-state index is -4.24. The molecule has 1 aromatic rings. The van der Waals surface area contributed by atoms with Crippen molar-refractivity contribution in [3.63, 3.8) is 0 Å². The molecule has 0 aromatic heterocycles. The summed E-state index contributed by atoms with van der Waals surface area (Å²) in [4.78, 5) is 26.1. The first-order valence-electron chi connectivity index (χ1n) is 8.69. The molecule has 1 heterocycles. The Bertz CT molecular complexity index is 693. The van der Waals surface area contributed by atoms with Crippen molar-refractivity contribution in [1.29, 1.82) is 0 Å². The summed E-state index contributed by atoms with van der Waals surface area (Å²) in [5, 5.41) is 2.66. The van der Waals surface area contributed by atoms with Gasteiger partial charge in [-0.05, 0) is 38.3 Å². The zero-order valence-corrected chi connectivity index (χ0v) is 14.4. The zero-order valence-electron chi connectivity index (χ0n) is 14.4. The van der Waals surface area contributed by atoms with Crippen molar-refractivity contribution in [3.05, 3.63) is 24.3 Å². The van der Waals surface area contributed by atoms with Gasteiger partial charge in [-0.3, -0.25) is 14.5 Å². The second kappa shape index (κ2) is 7.17. The highest BCUT2D eigenvalue weighted by Crippen LogP contribution is 2.37. The lowest BCUT2D eigenvalue weighted by atomic mass is 9.85. The Balaban J connectivity index is 1.65. The van der Waals surface area contributed by atoms with Crippen LogP contribution in [0.5, 0.6) is 5.75 Å². The molecule has 1 aliphatic carbocycles. The number of amides is 2. The second-order valence-electron chi connectivity index (χ2n) is 6.82. The van der Waals surface area contributed by atoms with Crippen LogP contribution in [0.2, 0.25) is 0 Å². The molecule has 26 heavy (non-hydrogen) atoms. The molecule has 5 nitrogen and oxygen atoms in total. The van der Waals surface area contributed by atoms with Gasteiger partial charge in [-0.15, -0.1) is 0 Å². The summed E-state index contributed by atoms with van der Waals surface area (Å²) in [7, 11) is 0. The Hall–Kier alpha value is -2.25. The summed E-state index contributed by atoms with van der Waals surface area (Å²) in [5.41, 5.74) is 0.488. The predicted molar refractivity (Wildman–Crippen MR) is 88.8 cm³/mol. The van der Waals surface area contributed by atoms with Crippen molar-refractivity contribution < 1.29 is 27.5 Å². The largest absolute Gasteiger partial charge is 0.479 e. The lowest BCUT2D eigenvalue weighted by Crippen LogP contribution is -2.51. The van der Waals surface area contributed by atoms with Gasteiger partial charge in [-0.2, -0.15) is 13.2 Å². The molecule has 2 aliphatic rings. The fourth-order valence-electron chi connectivity index (χ4n) is 3.56. The zero-order chi connectivity index (χ0) is 18.9. The Labute approximate surface area is 149 Å². The fourth-order valence-corrected chi connectivity index (χ4v) is 3.56. The van der Waals surface area contributed by atoms with E-state index in [-0.39, 0.29) is 25.3 Å². The third-order valence-electron chi connectivity index (χ3n) is 4.88. The number of anilines is 1. The van der Waals surface area contributed by atoms with E-state index in [4.69, 9.17) is 4.74 Å². The molecule has 1 saturated carbocycles. The van der Waals surface area contributed by atoms with Crippen molar-refractivity contribution in [1.82, 2.24) is 5.32 Å². The van der Waals surface area contributed by atoms with Gasteiger partial charge >= 0.3 is 6.18 Å². The molecule has 1 aromatic carbocycles. The van der Waals surface area contributed by atoms with Crippen LogP contribution in [0.15, 0.2) is 24.3 Å². The molecule has 0 saturated heterocycles. The number of alkyl halides is 3. The number of nitrogens with zero attached hydrogens (tertiary/aromatic N) is 1. The third kappa shape index (κ3) is 3.94. The monoisotopic (exact) mass is 370 g/mol. The number of ether oxygens (including phenoxy) is 1. The number of hydrogen-bond donors (Lipinski definition) is 1. The first kappa shape index (κ1) is 18.5. The minimum Gasteiger partial charge on any atom is -0.479 e. The normalized spacial score (nSPS) is 26.1. The number of nitrogens with one attached hydrogen (secondary N) is 1. The summed E-state index contributed by atoms with van der Waals surface area (Å²) in [6.07, 6.45) is -4.03. The smallest absolute Gasteiger partial charge is 0.391 e. The number of hydrogen-bond acceptors (Lipinski definition) is 3. The Morgan fingerprint density at radius 1 is 1.31 bits per heavy atom. The molecule has 0 radical (unpaired) electrons. The van der Waals surface area contributed by atoms with Crippen LogP contribution >= 0.6 is 0 Å². The third-order valence-corrected chi connectivity index (χ3v) is 4.88. The molecule has 142 valence electrons. The summed E-state index contributed by atoms with van der Waals surface area (Å²) in [6.45, 7) is 1.36. The first-order valence-corrected chi connectivity index (χ1v) is 8.69. The number of carbonyl (C=O) groups excluding carboxylic acids is 2. The van der Waals surface area contributed by atoms with E-state index in [2.05, 4.69) is 5.32 Å². The van der Waals surface area contributed by atoms with Crippen molar-refractivity contribution in [2.24, 2.45) is 5.92 Å². The number of halogens is 3. The van der Waals surface area contributed by atoms with Crippen molar-refractivity contribution in [2.45, 2.75) is 50.9 Å². The van der Waals surface area contributed by atoms with E-state index < -0.39 is 30.1 Å². The van der Waals surface area contributed by atoms with Crippen molar-refractivity contribution in [3.8, 4) is 5.75 Å². The summed E-state index contributed by atoms with van der Waals surface area (Å²) < 4.78 is 44.2. The van der Waals surface area contributed by atoms with E-state index in [0.29, 0.717) is 24.3 Å². The number of carbonyl (C=O) groups is 2. The van der Waals surface area contributed by atoms with Crippen LogP contribution in [0.25, 0.3) is 0 Å². The van der Waals surface area contributed by atoms with Gasteiger partial charge in [0.25, 0.3) is 5.91 Å². The molecule has 0 bridgehead atoms. The van der Waals surface area contributed by atoms with Crippen molar-refractivity contribution >= 4 is 17.5 Å². The molecule has 3 rings (SSSR count). The van der Waals surface area contributed by atoms with Gasteiger partial charge in [0.2, 0.25) is 5.91 Å². The SMILES string of the molecule is CC1Oc2ccccc2N(CC(=O)NC2CCCC(C(F)(F)F)C2)C1=O. The van der Waals surface area contributed by atoms with Crippen molar-refractivity contribution in [2.75, 3.05) is 11.4 Å². The summed E-state index contributed by atoms with van der Waals surface area (Å²) in [5.74, 6) is -1.69. The number of rotatable bonds is 3. The van der Waals surface area contributed by atoms with Crippen LogP contribution in [-0.2, 0) is 9.59 Å². The molecule has 3 atom stereocenters. The van der Waals surface area contributed by atoms with Gasteiger partial charge in [0.05, 0.1) is 11.6 Å². The average molecular weight is 370 g/mol. The van der Waals surface area contributed by atoms with Crippen LogP contribution in [0.1, 0.15) is 32.6 Å². The Kier molecular flexibility index (Phi) is 5.11. The van der Waals surface area contributed by atoms with Crippen LogP contribution in [0, 0.1) is 5.92 Å². The minimum absolute atomic E-state index is 0.0999. The maximum Gasteiger partial charge on any atom is 0.391 e. The lowest BCUT2D eigenvalue weighted by molar-refractivity contribution is -0.184. The fraction of sp³-hybridized carbons (Fsp3) is 0.556. The van der Waals surface area contributed by atoms with Gasteiger partial charge in [-0.1, -0.05) is 18.6 Å². The number of fused-ring (bicyclic) bond motifs is 1. The predicted octanol–water partition coefficient (Wildman–Crippen LogP) is 3.04. The van der Waals surface area contributed by atoms with Crippen LogP contribution in [0.4, 0.5) is 18.9 Å². The van der Waals surface area contributed by atoms with Gasteiger partial charge in [0.15, 0.2) is 6.10 Å². The van der Waals surface area contributed by atoms with Crippen LogP contribution in [0.3, 0.4) is 0 Å². The molecular weight excluding hydrogens is 349 g/mol. The van der Waals surface area contributed by atoms with Gasteiger partial charge in [0, 0.05) is 6.04 Å². The summed E-state index contributed by atoms with van der Waals surface area (Å²) >= 11 is 0. The van der Waals surface area contributed by atoms with E-state index in [1.807, 2.05) is 0 Å². The topological polar surface area (TPSA) is 58.6 Å². The second-order valence-corrected chi connectivity index (χ2v) is 6.82. The van der Waals surface area contributed by atoms with Gasteiger partial charge in [-0.25, -0.2) is 0 Å². The first-order chi connectivity index (χ1) is 12.3. The molecule has 1 fully saturated rings. The molecule has 3 unspecified atom stereocenters. The Morgan fingerprint density at radius 2 is 2.04 bits per heavy atom. The highest BCUT2D eigenvalue weighted by atomic mass is 19.4. The molecule has 0 spiro atoms. The number of para-hydroxylation sites is 2. The van der Waals surface area contributed by atoms with E-state index in [0.717, 1.165) is 0 Å². The maximum absolute atomic E-state index is 12.9. The standard InChI is InChI=1S/C18H21F3N2O3/c1-11-17(25)23(14-7-2-3-8-15(14)26-11)10-16(24)22-13-6-4-5-12(9-13)18(19,20)21/h2-3,7-8,11-13H,4-6,9-10H2,1H3,(H,22,24). The van der Waals surface area contributed by atoms with Crippen LogP contribution in [-0.4, -0.2) is 36.7 Å². The van der Waals surface area contributed by atoms with Crippen LogP contribution < -0.4 is 15.0 Å².